The van der Waals surface area contributed by atoms with E-state index in [0.29, 0.717) is 34.2 Å². The van der Waals surface area contributed by atoms with Crippen molar-refractivity contribution < 1.29 is 19.1 Å². The molecule has 0 unspecified atom stereocenters. The summed E-state index contributed by atoms with van der Waals surface area (Å²) in [4.78, 5) is 39.3. The molecular formula is C29H27Cl2N3O4. The zero-order chi connectivity index (χ0) is 27.1. The quantitative estimate of drug-likeness (QED) is 0.229. The number of para-hydroxylation sites is 2. The molecule has 3 amide bonds. The largest absolute Gasteiger partial charge is 0.491 e. The Hall–Kier alpha value is -3.81. The van der Waals surface area contributed by atoms with Crippen LogP contribution in [0.5, 0.6) is 5.75 Å². The molecule has 7 nitrogen and oxygen atoms in total. The molecule has 0 atom stereocenters. The fourth-order valence-electron chi connectivity index (χ4n) is 3.82. The van der Waals surface area contributed by atoms with E-state index < -0.39 is 11.8 Å². The lowest BCUT2D eigenvalue weighted by Gasteiger charge is -2.16. The fourth-order valence-corrected chi connectivity index (χ4v) is 4.27. The summed E-state index contributed by atoms with van der Waals surface area (Å²) >= 11 is 12.4. The van der Waals surface area contributed by atoms with Crippen molar-refractivity contribution in [2.24, 2.45) is 0 Å². The Morgan fingerprint density at radius 3 is 2.37 bits per heavy atom. The van der Waals surface area contributed by atoms with Crippen LogP contribution in [0, 0.1) is 0 Å². The minimum atomic E-state index is -0.579. The van der Waals surface area contributed by atoms with Gasteiger partial charge in [-0.25, -0.2) is 0 Å². The molecular weight excluding hydrogens is 525 g/mol. The van der Waals surface area contributed by atoms with E-state index in [-0.39, 0.29) is 29.7 Å². The number of nitrogens with one attached hydrogen (secondary N) is 2. The standard InChI is InChI=1S/C29H27Cl2N3O4/c1-2-3-16-38-24-11-7-6-10-23(24)33-27(35)20-14-12-19(13-15-20)17-32-26-25(31)28(36)34(29(26)37)18-21-8-4-5-9-22(21)30/h4-15,32H,2-3,16-18H2,1H3,(H,33,35). The van der Waals surface area contributed by atoms with Gasteiger partial charge in [0.25, 0.3) is 17.7 Å². The zero-order valence-corrected chi connectivity index (χ0v) is 22.3. The van der Waals surface area contributed by atoms with Gasteiger partial charge in [-0.15, -0.1) is 0 Å². The van der Waals surface area contributed by atoms with Crippen molar-refractivity contribution in [3.63, 3.8) is 0 Å². The highest BCUT2D eigenvalue weighted by molar-refractivity contribution is 6.47. The molecule has 0 spiro atoms. The highest BCUT2D eigenvalue weighted by Gasteiger charge is 2.37. The molecule has 0 aliphatic carbocycles. The lowest BCUT2D eigenvalue weighted by atomic mass is 10.1. The van der Waals surface area contributed by atoms with E-state index in [1.54, 1.807) is 54.6 Å². The Bertz CT molecular complexity index is 1370. The van der Waals surface area contributed by atoms with Gasteiger partial charge in [0.15, 0.2) is 0 Å². The summed E-state index contributed by atoms with van der Waals surface area (Å²) in [7, 11) is 0. The van der Waals surface area contributed by atoms with Crippen molar-refractivity contribution >= 4 is 46.6 Å². The van der Waals surface area contributed by atoms with Crippen molar-refractivity contribution in [1.29, 1.82) is 0 Å². The van der Waals surface area contributed by atoms with Crippen LogP contribution in [-0.4, -0.2) is 29.2 Å². The van der Waals surface area contributed by atoms with Crippen molar-refractivity contribution in [2.45, 2.75) is 32.9 Å². The lowest BCUT2D eigenvalue weighted by molar-refractivity contribution is -0.138. The molecule has 4 rings (SSSR count). The van der Waals surface area contributed by atoms with Gasteiger partial charge >= 0.3 is 0 Å². The predicted octanol–water partition coefficient (Wildman–Crippen LogP) is 5.88. The second kappa shape index (κ2) is 12.6. The fraction of sp³-hybridized carbons (Fsp3) is 0.207. The van der Waals surface area contributed by atoms with E-state index in [1.165, 1.54) is 0 Å². The number of benzene rings is 3. The minimum Gasteiger partial charge on any atom is -0.491 e. The van der Waals surface area contributed by atoms with E-state index in [1.807, 2.05) is 18.2 Å². The summed E-state index contributed by atoms with van der Waals surface area (Å²) in [5, 5.41) is 6.15. The Labute approximate surface area is 231 Å². The van der Waals surface area contributed by atoms with E-state index >= 15 is 0 Å². The van der Waals surface area contributed by atoms with Crippen LogP contribution in [-0.2, 0) is 22.7 Å². The zero-order valence-electron chi connectivity index (χ0n) is 20.8. The molecule has 196 valence electrons. The van der Waals surface area contributed by atoms with Crippen LogP contribution in [0.25, 0.3) is 0 Å². The van der Waals surface area contributed by atoms with Crippen LogP contribution in [0.15, 0.2) is 83.5 Å². The first-order valence-electron chi connectivity index (χ1n) is 12.2. The van der Waals surface area contributed by atoms with Crippen LogP contribution < -0.4 is 15.4 Å². The number of rotatable bonds is 11. The smallest absolute Gasteiger partial charge is 0.278 e. The number of hydrogen-bond donors (Lipinski definition) is 2. The molecule has 1 aliphatic heterocycles. The van der Waals surface area contributed by atoms with Gasteiger partial charge in [0.1, 0.15) is 16.5 Å². The molecule has 1 aliphatic rings. The van der Waals surface area contributed by atoms with Crippen LogP contribution in [0.1, 0.15) is 41.3 Å². The normalized spacial score (nSPS) is 13.2. The first-order chi connectivity index (χ1) is 18.4. The molecule has 1 heterocycles. The number of carbonyl (C=O) groups excluding carboxylic acids is 3. The molecule has 38 heavy (non-hydrogen) atoms. The molecule has 3 aromatic rings. The molecule has 0 saturated carbocycles. The van der Waals surface area contributed by atoms with Gasteiger partial charge in [0.2, 0.25) is 0 Å². The molecule has 0 aromatic heterocycles. The molecule has 0 fully saturated rings. The van der Waals surface area contributed by atoms with Crippen LogP contribution >= 0.6 is 23.2 Å². The first-order valence-corrected chi connectivity index (χ1v) is 13.0. The van der Waals surface area contributed by atoms with Crippen molar-refractivity contribution in [2.75, 3.05) is 11.9 Å². The molecule has 9 heteroatoms. The first kappa shape index (κ1) is 27.2. The maximum atomic E-state index is 12.9. The number of unbranched alkanes of at least 4 members (excludes halogenated alkanes) is 1. The Balaban J connectivity index is 1.36. The van der Waals surface area contributed by atoms with Gasteiger partial charge in [-0.1, -0.05) is 79.0 Å². The molecule has 0 bridgehead atoms. The Kier molecular flexibility index (Phi) is 9.05. The van der Waals surface area contributed by atoms with Gasteiger partial charge in [-0.2, -0.15) is 0 Å². The monoisotopic (exact) mass is 551 g/mol. The third-order valence-corrected chi connectivity index (χ3v) is 6.69. The summed E-state index contributed by atoms with van der Waals surface area (Å²) < 4.78 is 5.79. The van der Waals surface area contributed by atoms with E-state index in [0.717, 1.165) is 23.3 Å². The third-order valence-electron chi connectivity index (χ3n) is 5.97. The van der Waals surface area contributed by atoms with Crippen LogP contribution in [0.2, 0.25) is 5.02 Å². The van der Waals surface area contributed by atoms with Crippen molar-refractivity contribution in [3.8, 4) is 5.75 Å². The minimum absolute atomic E-state index is 0.0231. The number of nitrogens with zero attached hydrogens (tertiary/aromatic N) is 1. The summed E-state index contributed by atoms with van der Waals surface area (Å²) in [6.07, 6.45) is 1.95. The van der Waals surface area contributed by atoms with Gasteiger partial charge in [-0.05, 0) is 47.9 Å². The van der Waals surface area contributed by atoms with E-state index in [2.05, 4.69) is 17.6 Å². The van der Waals surface area contributed by atoms with Crippen molar-refractivity contribution in [1.82, 2.24) is 10.2 Å². The van der Waals surface area contributed by atoms with Gasteiger partial charge in [-0.3, -0.25) is 19.3 Å². The molecule has 0 saturated heterocycles. The molecule has 2 N–H and O–H groups in total. The summed E-state index contributed by atoms with van der Waals surface area (Å²) in [6.45, 7) is 2.93. The summed E-state index contributed by atoms with van der Waals surface area (Å²) in [6, 6.07) is 21.2. The number of amides is 3. The highest BCUT2D eigenvalue weighted by Crippen LogP contribution is 2.27. The van der Waals surface area contributed by atoms with Crippen molar-refractivity contribution in [3.05, 3.63) is 105 Å². The topological polar surface area (TPSA) is 87.7 Å². The summed E-state index contributed by atoms with van der Waals surface area (Å²) in [5.41, 5.74) is 2.54. The maximum absolute atomic E-state index is 12.9. The van der Waals surface area contributed by atoms with E-state index in [4.69, 9.17) is 27.9 Å². The Morgan fingerprint density at radius 2 is 1.63 bits per heavy atom. The SMILES string of the molecule is CCCCOc1ccccc1NC(=O)c1ccc(CNC2=C(Cl)C(=O)N(Cc3ccccc3Cl)C2=O)cc1. The average Bonchev–Trinajstić information content (AvgIpc) is 3.12. The number of carbonyl (C=O) groups is 3. The second-order valence-corrected chi connectivity index (χ2v) is 9.46. The van der Waals surface area contributed by atoms with E-state index in [9.17, 15) is 14.4 Å². The average molecular weight is 552 g/mol. The van der Waals surface area contributed by atoms with Crippen LogP contribution in [0.4, 0.5) is 5.69 Å². The number of ether oxygens (including phenoxy) is 1. The number of halogens is 2. The number of hydrogen-bond acceptors (Lipinski definition) is 5. The van der Waals surface area contributed by atoms with Gasteiger partial charge < -0.3 is 15.4 Å². The number of imide groups is 1. The van der Waals surface area contributed by atoms with Gasteiger partial charge in [0.05, 0.1) is 18.8 Å². The highest BCUT2D eigenvalue weighted by atomic mass is 35.5. The summed E-state index contributed by atoms with van der Waals surface area (Å²) in [5.74, 6) is -0.742. The Morgan fingerprint density at radius 1 is 0.921 bits per heavy atom. The number of anilines is 1. The molecule has 3 aromatic carbocycles. The third kappa shape index (κ3) is 6.36. The molecule has 0 radical (unpaired) electrons. The lowest BCUT2D eigenvalue weighted by Crippen LogP contribution is -2.33. The predicted molar refractivity (Wildman–Crippen MR) is 148 cm³/mol. The maximum Gasteiger partial charge on any atom is 0.278 e. The van der Waals surface area contributed by atoms with Crippen LogP contribution in [0.3, 0.4) is 0 Å². The second-order valence-electron chi connectivity index (χ2n) is 8.68. The van der Waals surface area contributed by atoms with Gasteiger partial charge in [0, 0.05) is 17.1 Å².